The summed E-state index contributed by atoms with van der Waals surface area (Å²) in [7, 11) is -4.74. The molecule has 2 saturated heterocycles. The molecule has 2 aromatic heterocycles. The molecule has 3 aliphatic heterocycles. The fourth-order valence-electron chi connectivity index (χ4n) is 12.1. The maximum atomic E-state index is 14.4. The minimum atomic E-state index is -4.74. The summed E-state index contributed by atoms with van der Waals surface area (Å²) < 4.78 is 49.1. The van der Waals surface area contributed by atoms with Gasteiger partial charge in [-0.3, -0.25) is 19.8 Å². The number of anilines is 2. The molecule has 5 fully saturated rings. The number of carbonyl (C=O) groups excluding carboxylic acids is 1. The van der Waals surface area contributed by atoms with Crippen LogP contribution >= 0.6 is 0 Å². The summed E-state index contributed by atoms with van der Waals surface area (Å²) in [5.74, 6) is -0.211. The van der Waals surface area contributed by atoms with E-state index >= 15 is 0 Å². The van der Waals surface area contributed by atoms with Gasteiger partial charge in [0.05, 0.1) is 32.6 Å². The molecule has 5 heterocycles. The van der Waals surface area contributed by atoms with E-state index < -0.39 is 42.6 Å². The first-order valence-electron chi connectivity index (χ1n) is 25.7. The van der Waals surface area contributed by atoms with E-state index in [1.165, 1.54) is 36.1 Å². The van der Waals surface area contributed by atoms with Crippen LogP contribution in [0.25, 0.3) is 11.0 Å². The van der Waals surface area contributed by atoms with E-state index in [2.05, 4.69) is 67.9 Å². The van der Waals surface area contributed by atoms with Crippen LogP contribution in [0, 0.1) is 21.4 Å². The number of nitro benzene ring substituents is 1. The Bertz CT molecular complexity index is 3000. The highest BCUT2D eigenvalue weighted by Crippen LogP contribution is 2.55. The minimum absolute atomic E-state index is 0.0196. The summed E-state index contributed by atoms with van der Waals surface area (Å²) >= 11 is 0. The van der Waals surface area contributed by atoms with Gasteiger partial charge in [-0.2, -0.15) is 4.98 Å². The van der Waals surface area contributed by atoms with E-state index in [1.807, 2.05) is 6.07 Å². The van der Waals surface area contributed by atoms with E-state index in [1.54, 1.807) is 31.3 Å². The first-order chi connectivity index (χ1) is 34.4. The molecule has 5 N–H and O–H groups in total. The van der Waals surface area contributed by atoms with Gasteiger partial charge in [0.2, 0.25) is 0 Å². The molecule has 18 heteroatoms. The van der Waals surface area contributed by atoms with E-state index in [4.69, 9.17) is 14.2 Å². The number of aromatic nitrogens is 2. The van der Waals surface area contributed by atoms with Crippen molar-refractivity contribution in [2.45, 2.75) is 138 Å². The van der Waals surface area contributed by atoms with E-state index in [9.17, 15) is 33.5 Å². The molecular weight excluding hydrogens is 939 g/mol. The molecule has 11 rings (SSSR count). The number of hydrogen-bond donors (Lipinski definition) is 5. The predicted octanol–water partition coefficient (Wildman–Crippen LogP) is 9.11. The molecule has 0 unspecified atom stereocenters. The Morgan fingerprint density at radius 1 is 0.972 bits per heavy atom. The lowest BCUT2D eigenvalue weighted by Gasteiger charge is -2.56. The van der Waals surface area contributed by atoms with Crippen LogP contribution < -0.4 is 29.1 Å². The lowest BCUT2D eigenvalue weighted by atomic mass is 9.59. The number of benzene rings is 3. The zero-order chi connectivity index (χ0) is 50.2. The van der Waals surface area contributed by atoms with Crippen molar-refractivity contribution >= 4 is 44.0 Å². The van der Waals surface area contributed by atoms with Gasteiger partial charge < -0.3 is 39.6 Å². The average molecular weight is 1000 g/mol. The SMILES string of the molecule is CC(C)c1ccccc1[C@H]1CCCN1C1CC2(CCN(c3ccc(C(=O)NS(=O)(=O)c4cc5c(c([N+](=O)[O-])c4)N[C@@H]([C@H]4CC[C@](C)(O)CC4)CO5)c(Oc4cc5cc[nH]c5nc4OCC4(O)CC4)c3)CC2)C1. The van der Waals surface area contributed by atoms with Crippen molar-refractivity contribution in [3.63, 3.8) is 0 Å². The number of H-pyrrole nitrogens is 1. The summed E-state index contributed by atoms with van der Waals surface area (Å²) in [6.45, 7) is 9.17. The highest BCUT2D eigenvalue weighted by Gasteiger charge is 2.50. The maximum absolute atomic E-state index is 14.4. The Morgan fingerprint density at radius 3 is 2.47 bits per heavy atom. The second-order valence-electron chi connectivity index (χ2n) is 22.1. The van der Waals surface area contributed by atoms with E-state index in [0.29, 0.717) is 67.6 Å². The van der Waals surface area contributed by atoms with Gasteiger partial charge >= 0.3 is 0 Å². The van der Waals surface area contributed by atoms with Crippen molar-refractivity contribution in [2.24, 2.45) is 11.3 Å². The number of piperidine rings is 1. The van der Waals surface area contributed by atoms with Crippen LogP contribution in [0.2, 0.25) is 0 Å². The number of likely N-dealkylation sites (tertiary alicyclic amines) is 1. The molecule has 1 amide bonds. The quantitative estimate of drug-likeness (QED) is 0.0517. The maximum Gasteiger partial charge on any atom is 0.297 e. The number of hydrogen-bond acceptors (Lipinski definition) is 14. The Morgan fingerprint density at radius 2 is 1.74 bits per heavy atom. The third-order valence-corrected chi connectivity index (χ3v) is 18.0. The molecular formula is C54H65N7O10S. The molecule has 2 atom stereocenters. The van der Waals surface area contributed by atoms with Crippen LogP contribution in [0.4, 0.5) is 17.1 Å². The highest BCUT2D eigenvalue weighted by atomic mass is 32.2. The third kappa shape index (κ3) is 9.58. The molecule has 3 aromatic carbocycles. The second-order valence-corrected chi connectivity index (χ2v) is 23.8. The molecule has 72 heavy (non-hydrogen) atoms. The summed E-state index contributed by atoms with van der Waals surface area (Å²) in [6.07, 6.45) is 12.2. The number of ether oxygens (including phenoxy) is 3. The minimum Gasteiger partial charge on any atom is -0.489 e. The number of aromatic amines is 1. The monoisotopic (exact) mass is 1000 g/mol. The van der Waals surface area contributed by atoms with Crippen LogP contribution in [0.5, 0.6) is 23.1 Å². The fourth-order valence-corrected chi connectivity index (χ4v) is 13.1. The van der Waals surface area contributed by atoms with Crippen molar-refractivity contribution in [1.82, 2.24) is 19.6 Å². The third-order valence-electron chi connectivity index (χ3n) is 16.7. The number of carbonyl (C=O) groups is 1. The second kappa shape index (κ2) is 18.5. The Kier molecular flexibility index (Phi) is 12.4. The highest BCUT2D eigenvalue weighted by molar-refractivity contribution is 7.90. The van der Waals surface area contributed by atoms with Crippen LogP contribution in [0.15, 0.2) is 77.8 Å². The molecule has 0 bridgehead atoms. The lowest BCUT2D eigenvalue weighted by molar-refractivity contribution is -0.384. The van der Waals surface area contributed by atoms with Crippen LogP contribution in [-0.2, 0) is 10.0 Å². The Labute approximate surface area is 419 Å². The van der Waals surface area contributed by atoms with Crippen LogP contribution in [0.1, 0.15) is 131 Å². The fraction of sp³-hybridized carbons (Fsp3) is 0.519. The van der Waals surface area contributed by atoms with Crippen molar-refractivity contribution in [3.05, 3.63) is 99.7 Å². The zero-order valence-electron chi connectivity index (χ0n) is 41.2. The summed E-state index contributed by atoms with van der Waals surface area (Å²) in [5, 5.41) is 37.6. The van der Waals surface area contributed by atoms with Gasteiger partial charge in [0, 0.05) is 60.6 Å². The first kappa shape index (κ1) is 48.3. The number of amides is 1. The smallest absolute Gasteiger partial charge is 0.297 e. The number of nitrogens with one attached hydrogen (secondary N) is 3. The molecule has 6 aliphatic rings. The van der Waals surface area contributed by atoms with Gasteiger partial charge in [-0.05, 0) is 143 Å². The molecule has 382 valence electrons. The average Bonchev–Trinajstić information content (AvgIpc) is 3.65. The predicted molar refractivity (Wildman–Crippen MR) is 272 cm³/mol. The van der Waals surface area contributed by atoms with Crippen molar-refractivity contribution in [3.8, 4) is 23.1 Å². The number of sulfonamides is 1. The number of nitro groups is 1. The number of pyridine rings is 1. The summed E-state index contributed by atoms with van der Waals surface area (Å²) in [6, 6.07) is 20.4. The lowest BCUT2D eigenvalue weighted by Crippen LogP contribution is -2.54. The zero-order valence-corrected chi connectivity index (χ0v) is 42.0. The molecule has 0 radical (unpaired) electrons. The van der Waals surface area contributed by atoms with Crippen molar-refractivity contribution in [2.75, 3.05) is 43.1 Å². The summed E-state index contributed by atoms with van der Waals surface area (Å²) in [4.78, 5) is 38.5. The molecule has 1 spiro atoms. The van der Waals surface area contributed by atoms with Crippen molar-refractivity contribution < 1.29 is 42.6 Å². The standard InChI is InChI=1S/C54H65N7O10S/c1-33(2)39-7-4-5-8-40(39)43-9-6-22-60(43)37-29-53(30-37)19-23-59(24-20-53)36-10-11-41(45(26-36)71-47-25-35-14-21-55-49(35)57-51(47)70-32-54(64)17-18-54)50(62)58-72(67,68)38-27-44(61(65)66)48-46(28-38)69-31-42(56-48)34-12-15-52(3,63)16-13-34/h4-5,7-8,10-11,14,21,25-28,33-34,37,42-43,56,63-64H,6,9,12-13,15-20,22-24,29-32H2,1-3H3,(H,55,57)(H,58,62)/t34-,42-,43-,52-/m1/s1. The molecule has 3 saturated carbocycles. The number of aliphatic hydroxyl groups is 2. The summed E-state index contributed by atoms with van der Waals surface area (Å²) in [5.41, 5.74) is 2.19. The Balaban J connectivity index is 0.840. The number of nitrogens with zero attached hydrogens (tertiary/aromatic N) is 4. The van der Waals surface area contributed by atoms with Crippen LogP contribution in [-0.4, -0.2) is 100 Å². The molecule has 17 nitrogen and oxygen atoms in total. The van der Waals surface area contributed by atoms with E-state index in [-0.39, 0.29) is 65.0 Å². The van der Waals surface area contributed by atoms with Gasteiger partial charge in [0.25, 0.3) is 27.5 Å². The van der Waals surface area contributed by atoms with Gasteiger partial charge in [-0.1, -0.05) is 38.1 Å². The number of fused-ring (bicyclic) bond motifs is 2. The van der Waals surface area contributed by atoms with Crippen molar-refractivity contribution in [1.29, 1.82) is 0 Å². The molecule has 5 aromatic rings. The molecule has 3 aliphatic carbocycles. The topological polar surface area (TPSA) is 222 Å². The number of rotatable bonds is 14. The van der Waals surface area contributed by atoms with Crippen LogP contribution in [0.3, 0.4) is 0 Å². The van der Waals surface area contributed by atoms with Gasteiger partial charge in [0.15, 0.2) is 17.2 Å². The van der Waals surface area contributed by atoms with Gasteiger partial charge in [-0.25, -0.2) is 13.1 Å². The van der Waals surface area contributed by atoms with E-state index in [0.717, 1.165) is 57.1 Å². The largest absolute Gasteiger partial charge is 0.489 e. The normalized spacial score (nSPS) is 24.8. The van der Waals surface area contributed by atoms with Gasteiger partial charge in [0.1, 0.15) is 24.6 Å². The van der Waals surface area contributed by atoms with Gasteiger partial charge in [-0.15, -0.1) is 0 Å². The Hall–Kier alpha value is -5.95. The first-order valence-corrected chi connectivity index (χ1v) is 27.2.